The molecule has 2 aliphatic rings. The second-order valence-corrected chi connectivity index (χ2v) is 6.02. The molecule has 1 saturated carbocycles. The summed E-state index contributed by atoms with van der Waals surface area (Å²) >= 11 is 0. The van der Waals surface area contributed by atoms with E-state index < -0.39 is 0 Å². The highest BCUT2D eigenvalue weighted by atomic mass is 16.5. The monoisotopic (exact) mass is 268 g/mol. The minimum atomic E-state index is -0.112. The standard InChI is InChI=1S/C15H28N2O2/c1-3-12-5-4-9-17(11-12)10-8-14(15(18)19-2)16-13-6-7-13/h12-14,16H,3-11H2,1-2H3. The first-order valence-corrected chi connectivity index (χ1v) is 7.79. The Morgan fingerprint density at radius 2 is 2.21 bits per heavy atom. The number of esters is 1. The summed E-state index contributed by atoms with van der Waals surface area (Å²) < 4.78 is 4.90. The van der Waals surface area contributed by atoms with Gasteiger partial charge in [-0.1, -0.05) is 13.3 Å². The summed E-state index contributed by atoms with van der Waals surface area (Å²) in [6.07, 6.45) is 7.23. The smallest absolute Gasteiger partial charge is 0.322 e. The molecule has 19 heavy (non-hydrogen) atoms. The lowest BCUT2D eigenvalue weighted by atomic mass is 9.95. The van der Waals surface area contributed by atoms with Gasteiger partial charge in [-0.25, -0.2) is 0 Å². The highest BCUT2D eigenvalue weighted by Crippen LogP contribution is 2.22. The molecule has 0 aromatic carbocycles. The first kappa shape index (κ1) is 14.8. The third-order valence-electron chi connectivity index (χ3n) is 4.41. The minimum Gasteiger partial charge on any atom is -0.468 e. The van der Waals surface area contributed by atoms with Crippen LogP contribution in [0.5, 0.6) is 0 Å². The van der Waals surface area contributed by atoms with Crippen molar-refractivity contribution in [3.8, 4) is 0 Å². The Bertz CT molecular complexity index is 292. The molecule has 2 unspecified atom stereocenters. The van der Waals surface area contributed by atoms with E-state index in [2.05, 4.69) is 17.1 Å². The fourth-order valence-electron chi connectivity index (χ4n) is 2.95. The molecule has 0 amide bonds. The van der Waals surface area contributed by atoms with Gasteiger partial charge in [-0.3, -0.25) is 4.79 Å². The molecule has 0 aromatic rings. The Hall–Kier alpha value is -0.610. The number of rotatable bonds is 7. The van der Waals surface area contributed by atoms with Crippen LogP contribution in [0.3, 0.4) is 0 Å². The third-order valence-corrected chi connectivity index (χ3v) is 4.41. The Morgan fingerprint density at radius 1 is 1.42 bits per heavy atom. The zero-order valence-corrected chi connectivity index (χ0v) is 12.4. The fourth-order valence-corrected chi connectivity index (χ4v) is 2.95. The van der Waals surface area contributed by atoms with Gasteiger partial charge in [0.2, 0.25) is 0 Å². The van der Waals surface area contributed by atoms with Gasteiger partial charge >= 0.3 is 5.97 Å². The molecule has 110 valence electrons. The van der Waals surface area contributed by atoms with Crippen LogP contribution in [0.15, 0.2) is 0 Å². The quantitative estimate of drug-likeness (QED) is 0.715. The van der Waals surface area contributed by atoms with E-state index in [1.54, 1.807) is 0 Å². The second kappa shape index (κ2) is 7.25. The number of likely N-dealkylation sites (tertiary alicyclic amines) is 1. The van der Waals surface area contributed by atoms with Gasteiger partial charge in [0.25, 0.3) is 0 Å². The van der Waals surface area contributed by atoms with E-state index in [4.69, 9.17) is 4.74 Å². The summed E-state index contributed by atoms with van der Waals surface area (Å²) in [4.78, 5) is 14.3. The predicted octanol–water partition coefficient (Wildman–Crippen LogP) is 1.79. The molecule has 4 heteroatoms. The lowest BCUT2D eigenvalue weighted by molar-refractivity contribution is -0.143. The zero-order chi connectivity index (χ0) is 13.7. The van der Waals surface area contributed by atoms with E-state index in [9.17, 15) is 4.79 Å². The number of hydrogen-bond acceptors (Lipinski definition) is 4. The molecule has 1 N–H and O–H groups in total. The minimum absolute atomic E-state index is 0.101. The van der Waals surface area contributed by atoms with Gasteiger partial charge in [-0.15, -0.1) is 0 Å². The van der Waals surface area contributed by atoms with Crippen molar-refractivity contribution in [3.63, 3.8) is 0 Å². The summed E-state index contributed by atoms with van der Waals surface area (Å²) in [5.41, 5.74) is 0. The van der Waals surface area contributed by atoms with E-state index in [1.807, 2.05) is 0 Å². The molecule has 1 saturated heterocycles. The van der Waals surface area contributed by atoms with Gasteiger partial charge < -0.3 is 15.0 Å². The zero-order valence-electron chi connectivity index (χ0n) is 12.4. The largest absolute Gasteiger partial charge is 0.468 e. The van der Waals surface area contributed by atoms with Crippen molar-refractivity contribution >= 4 is 5.97 Å². The molecule has 4 nitrogen and oxygen atoms in total. The molecular formula is C15H28N2O2. The topological polar surface area (TPSA) is 41.6 Å². The first-order valence-electron chi connectivity index (χ1n) is 7.79. The van der Waals surface area contributed by atoms with Crippen LogP contribution >= 0.6 is 0 Å². The number of carbonyl (C=O) groups excluding carboxylic acids is 1. The maximum atomic E-state index is 11.8. The maximum Gasteiger partial charge on any atom is 0.322 e. The van der Waals surface area contributed by atoms with Gasteiger partial charge in [0, 0.05) is 19.1 Å². The lowest BCUT2D eigenvalue weighted by Gasteiger charge is -2.33. The summed E-state index contributed by atoms with van der Waals surface area (Å²) in [5.74, 6) is 0.748. The molecule has 1 aliphatic carbocycles. The molecule has 0 spiro atoms. The van der Waals surface area contributed by atoms with Crippen LogP contribution in [-0.2, 0) is 9.53 Å². The Balaban J connectivity index is 1.75. The molecule has 2 rings (SSSR count). The second-order valence-electron chi connectivity index (χ2n) is 6.02. The molecule has 2 atom stereocenters. The van der Waals surface area contributed by atoms with Gasteiger partial charge in [0.05, 0.1) is 7.11 Å². The van der Waals surface area contributed by atoms with Crippen LogP contribution in [-0.4, -0.2) is 49.7 Å². The molecule has 2 fully saturated rings. The van der Waals surface area contributed by atoms with Gasteiger partial charge in [-0.2, -0.15) is 0 Å². The average molecular weight is 268 g/mol. The molecular weight excluding hydrogens is 240 g/mol. The normalized spacial score (nSPS) is 26.1. The highest BCUT2D eigenvalue weighted by molar-refractivity contribution is 5.75. The SMILES string of the molecule is CCC1CCCN(CCC(NC2CC2)C(=O)OC)C1. The van der Waals surface area contributed by atoms with Crippen LogP contribution in [0, 0.1) is 5.92 Å². The number of ether oxygens (including phenoxy) is 1. The maximum absolute atomic E-state index is 11.8. The Kier molecular flexibility index (Phi) is 5.64. The average Bonchev–Trinajstić information content (AvgIpc) is 3.26. The number of carbonyl (C=O) groups is 1. The van der Waals surface area contributed by atoms with E-state index >= 15 is 0 Å². The van der Waals surface area contributed by atoms with Crippen LogP contribution < -0.4 is 5.32 Å². The Morgan fingerprint density at radius 3 is 2.84 bits per heavy atom. The fraction of sp³-hybridized carbons (Fsp3) is 0.933. The molecule has 1 aliphatic heterocycles. The van der Waals surface area contributed by atoms with Crippen molar-refractivity contribution in [1.29, 1.82) is 0 Å². The van der Waals surface area contributed by atoms with Crippen molar-refractivity contribution in [2.75, 3.05) is 26.7 Å². The first-order chi connectivity index (χ1) is 9.22. The third kappa shape index (κ3) is 4.77. The van der Waals surface area contributed by atoms with Gasteiger partial charge in [0.15, 0.2) is 0 Å². The van der Waals surface area contributed by atoms with E-state index in [0.717, 1.165) is 18.9 Å². The number of hydrogen-bond donors (Lipinski definition) is 1. The van der Waals surface area contributed by atoms with Crippen LogP contribution in [0.25, 0.3) is 0 Å². The summed E-state index contributed by atoms with van der Waals surface area (Å²) in [6.45, 7) is 5.68. The van der Waals surface area contributed by atoms with Crippen molar-refractivity contribution in [1.82, 2.24) is 10.2 Å². The molecule has 0 radical (unpaired) electrons. The molecule has 0 aromatic heterocycles. The van der Waals surface area contributed by atoms with Gasteiger partial charge in [0.1, 0.15) is 6.04 Å². The number of nitrogens with zero attached hydrogens (tertiary/aromatic N) is 1. The summed E-state index contributed by atoms with van der Waals surface area (Å²) in [7, 11) is 1.48. The van der Waals surface area contributed by atoms with Crippen LogP contribution in [0.4, 0.5) is 0 Å². The highest BCUT2D eigenvalue weighted by Gasteiger charge is 2.29. The van der Waals surface area contributed by atoms with Crippen molar-refractivity contribution in [2.45, 2.75) is 57.5 Å². The lowest BCUT2D eigenvalue weighted by Crippen LogP contribution is -2.43. The predicted molar refractivity (Wildman–Crippen MR) is 76.0 cm³/mol. The van der Waals surface area contributed by atoms with E-state index in [-0.39, 0.29) is 12.0 Å². The van der Waals surface area contributed by atoms with Crippen LogP contribution in [0.1, 0.15) is 45.4 Å². The molecule has 1 heterocycles. The van der Waals surface area contributed by atoms with Gasteiger partial charge in [-0.05, 0) is 44.6 Å². The number of piperidine rings is 1. The van der Waals surface area contributed by atoms with Crippen molar-refractivity contribution in [2.24, 2.45) is 5.92 Å². The molecule has 0 bridgehead atoms. The van der Waals surface area contributed by atoms with Crippen molar-refractivity contribution < 1.29 is 9.53 Å². The van der Waals surface area contributed by atoms with Crippen LogP contribution in [0.2, 0.25) is 0 Å². The Labute approximate surface area is 116 Å². The van der Waals surface area contributed by atoms with Crippen molar-refractivity contribution in [3.05, 3.63) is 0 Å². The number of methoxy groups -OCH3 is 1. The number of nitrogens with one attached hydrogen (secondary N) is 1. The summed E-state index contributed by atoms with van der Waals surface area (Å²) in [6, 6.07) is 0.438. The van der Waals surface area contributed by atoms with E-state index in [0.29, 0.717) is 6.04 Å². The summed E-state index contributed by atoms with van der Waals surface area (Å²) in [5, 5.41) is 3.41. The van der Waals surface area contributed by atoms with E-state index in [1.165, 1.54) is 52.3 Å².